The highest BCUT2D eigenvalue weighted by Crippen LogP contribution is 2.47. The van der Waals surface area contributed by atoms with Crippen LogP contribution in [0.5, 0.6) is 0 Å². The Balaban J connectivity index is 0.874. The van der Waals surface area contributed by atoms with Gasteiger partial charge in [0.15, 0.2) is 0 Å². The average molecular weight is 835 g/mol. The zero-order valence-electron chi connectivity index (χ0n) is 36.2. The fraction of sp³-hybridized carbons (Fsp3) is 0. The molecule has 0 saturated heterocycles. The van der Waals surface area contributed by atoms with Crippen LogP contribution in [0.4, 0.5) is 0 Å². The molecule has 0 fully saturated rings. The van der Waals surface area contributed by atoms with E-state index in [1.807, 2.05) is 0 Å². The molecular weight excluding hydrogens is 793 g/mol. The van der Waals surface area contributed by atoms with Gasteiger partial charge in [-0.25, -0.2) is 0 Å². The second-order valence-corrected chi connectivity index (χ2v) is 17.5. The van der Waals surface area contributed by atoms with Gasteiger partial charge in [0.1, 0.15) is 0 Å². The Hall–Kier alpha value is -8.58. The molecule has 13 aromatic rings. The van der Waals surface area contributed by atoms with Crippen LogP contribution < -0.4 is 0 Å². The van der Waals surface area contributed by atoms with Gasteiger partial charge in [-0.2, -0.15) is 0 Å². The normalized spacial score (nSPS) is 11.6. The largest absolute Gasteiger partial charge is 0.0622 e. The molecule has 0 N–H and O–H groups in total. The summed E-state index contributed by atoms with van der Waals surface area (Å²) < 4.78 is 0. The van der Waals surface area contributed by atoms with Crippen molar-refractivity contribution in [2.45, 2.75) is 0 Å². The predicted octanol–water partition coefficient (Wildman–Crippen LogP) is 18.6. The van der Waals surface area contributed by atoms with Gasteiger partial charge in [0.2, 0.25) is 0 Å². The molecule has 0 aliphatic carbocycles. The van der Waals surface area contributed by atoms with E-state index in [-0.39, 0.29) is 0 Å². The van der Waals surface area contributed by atoms with Crippen molar-refractivity contribution in [3.05, 3.63) is 255 Å². The maximum absolute atomic E-state index is 2.37. The van der Waals surface area contributed by atoms with Crippen molar-refractivity contribution in [1.29, 1.82) is 0 Å². The molecule has 306 valence electrons. The zero-order chi connectivity index (χ0) is 43.6. The Bertz CT molecular complexity index is 3900. The van der Waals surface area contributed by atoms with Gasteiger partial charge in [-0.1, -0.05) is 243 Å². The van der Waals surface area contributed by atoms with Crippen molar-refractivity contribution in [3.63, 3.8) is 0 Å². The molecule has 13 rings (SSSR count). The van der Waals surface area contributed by atoms with Crippen molar-refractivity contribution in [2.75, 3.05) is 0 Å². The number of hydrogen-bond acceptors (Lipinski definition) is 0. The molecule has 66 heavy (non-hydrogen) atoms. The minimum atomic E-state index is 1.20. The molecule has 0 bridgehead atoms. The van der Waals surface area contributed by atoms with E-state index >= 15 is 0 Å². The summed E-state index contributed by atoms with van der Waals surface area (Å²) in [6.07, 6.45) is 0. The molecule has 0 unspecified atom stereocenters. The summed E-state index contributed by atoms with van der Waals surface area (Å²) in [5.74, 6) is 0. The summed E-state index contributed by atoms with van der Waals surface area (Å²) in [6.45, 7) is 0. The fourth-order valence-electron chi connectivity index (χ4n) is 10.9. The number of hydrogen-bond donors (Lipinski definition) is 0. The third-order valence-corrected chi connectivity index (χ3v) is 13.8. The molecule has 0 heterocycles. The van der Waals surface area contributed by atoms with E-state index in [1.165, 1.54) is 131 Å². The third-order valence-electron chi connectivity index (χ3n) is 13.8. The van der Waals surface area contributed by atoms with E-state index < -0.39 is 0 Å². The second kappa shape index (κ2) is 15.6. The lowest BCUT2D eigenvalue weighted by Crippen LogP contribution is -1.92. The van der Waals surface area contributed by atoms with E-state index in [4.69, 9.17) is 0 Å². The molecule has 0 aliphatic rings. The van der Waals surface area contributed by atoms with Crippen LogP contribution in [0, 0.1) is 0 Å². The van der Waals surface area contributed by atoms with Crippen molar-refractivity contribution in [3.8, 4) is 66.8 Å². The Morgan fingerprint density at radius 1 is 0.152 bits per heavy atom. The van der Waals surface area contributed by atoms with E-state index in [9.17, 15) is 0 Å². The van der Waals surface area contributed by atoms with Crippen LogP contribution >= 0.6 is 0 Å². The topological polar surface area (TPSA) is 0 Å². The molecule has 0 spiro atoms. The first-order valence-electron chi connectivity index (χ1n) is 22.9. The van der Waals surface area contributed by atoms with Gasteiger partial charge in [0, 0.05) is 0 Å². The Labute approximate surface area is 384 Å². The predicted molar refractivity (Wildman–Crippen MR) is 284 cm³/mol. The maximum Gasteiger partial charge on any atom is -0.00201 e. The Morgan fingerprint density at radius 3 is 0.909 bits per heavy atom. The van der Waals surface area contributed by atoms with E-state index in [0.29, 0.717) is 0 Å². The van der Waals surface area contributed by atoms with Crippen LogP contribution in [0.15, 0.2) is 255 Å². The summed E-state index contributed by atoms with van der Waals surface area (Å²) in [5.41, 5.74) is 15.0. The molecule has 0 amide bonds. The van der Waals surface area contributed by atoms with Gasteiger partial charge >= 0.3 is 0 Å². The van der Waals surface area contributed by atoms with Gasteiger partial charge < -0.3 is 0 Å². The molecule has 0 radical (unpaired) electrons. The van der Waals surface area contributed by atoms with Gasteiger partial charge in [-0.05, 0) is 144 Å². The molecular formula is C66H42. The Morgan fingerprint density at radius 2 is 0.455 bits per heavy atom. The van der Waals surface area contributed by atoms with Crippen molar-refractivity contribution < 1.29 is 0 Å². The van der Waals surface area contributed by atoms with Crippen molar-refractivity contribution in [2.24, 2.45) is 0 Å². The molecule has 0 aromatic heterocycles. The quantitative estimate of drug-likeness (QED) is 0.146. The third kappa shape index (κ3) is 6.15. The lowest BCUT2D eigenvalue weighted by atomic mass is 9.84. The van der Waals surface area contributed by atoms with Gasteiger partial charge in [-0.3, -0.25) is 0 Å². The smallest absolute Gasteiger partial charge is 0.00201 e. The summed E-state index contributed by atoms with van der Waals surface area (Å²) >= 11 is 0. The summed E-state index contributed by atoms with van der Waals surface area (Å²) in [5, 5.41) is 15.1. The first-order valence-corrected chi connectivity index (χ1v) is 22.9. The fourth-order valence-corrected chi connectivity index (χ4v) is 10.9. The summed E-state index contributed by atoms with van der Waals surface area (Å²) in [4.78, 5) is 0. The van der Waals surface area contributed by atoms with Crippen LogP contribution in [0.2, 0.25) is 0 Å². The molecule has 0 heteroatoms. The minimum absolute atomic E-state index is 1.20. The van der Waals surface area contributed by atoms with E-state index in [1.54, 1.807) is 0 Å². The molecule has 0 saturated carbocycles. The number of rotatable bonds is 6. The lowest BCUT2D eigenvalue weighted by Gasteiger charge is -2.19. The first-order chi connectivity index (χ1) is 32.8. The Kier molecular flexibility index (Phi) is 8.96. The average Bonchev–Trinajstić information content (AvgIpc) is 3.39. The standard InChI is InChI=1S/C66H42/c1-3-17-45(18-4-1)63-54-23-9-11-25-56(54)65(57-26-12-10-24-55(57)63)50-38-37-48-41-47(35-36-49(48)42-50)43-31-33-44(34-32-43)51-39-40-62(53-22-8-7-21-52(51)53)66-60-29-15-13-27-58(60)64(46-19-5-2-6-20-46)59-28-14-16-30-61(59)66/h1-42H. The SMILES string of the molecule is c1ccc(-c2c3ccccc3c(-c3ccc4cc(-c5ccc(-c6ccc(-c7c8ccccc8c(-c8ccccc8)c8ccccc78)c7ccccc67)cc5)ccc4c3)c3ccccc23)cc1. The van der Waals surface area contributed by atoms with Crippen LogP contribution in [-0.4, -0.2) is 0 Å². The first kappa shape index (κ1) is 37.9. The van der Waals surface area contributed by atoms with Gasteiger partial charge in [-0.15, -0.1) is 0 Å². The maximum atomic E-state index is 2.37. The number of benzene rings is 13. The zero-order valence-corrected chi connectivity index (χ0v) is 36.2. The lowest BCUT2D eigenvalue weighted by molar-refractivity contribution is 1.61. The molecule has 0 aliphatic heterocycles. The monoisotopic (exact) mass is 834 g/mol. The highest BCUT2D eigenvalue weighted by molar-refractivity contribution is 6.25. The summed E-state index contributed by atoms with van der Waals surface area (Å²) in [6, 6.07) is 93.9. The van der Waals surface area contributed by atoms with Gasteiger partial charge in [0.05, 0.1) is 0 Å². The minimum Gasteiger partial charge on any atom is -0.0622 e. The highest BCUT2D eigenvalue weighted by Gasteiger charge is 2.20. The highest BCUT2D eigenvalue weighted by atomic mass is 14.2. The molecule has 0 nitrogen and oxygen atoms in total. The van der Waals surface area contributed by atoms with Crippen LogP contribution in [0.25, 0.3) is 131 Å². The van der Waals surface area contributed by atoms with Crippen LogP contribution in [-0.2, 0) is 0 Å². The van der Waals surface area contributed by atoms with Crippen LogP contribution in [0.3, 0.4) is 0 Å². The second-order valence-electron chi connectivity index (χ2n) is 17.5. The number of fused-ring (bicyclic) bond motifs is 6. The molecule has 0 atom stereocenters. The van der Waals surface area contributed by atoms with E-state index in [2.05, 4.69) is 255 Å². The van der Waals surface area contributed by atoms with E-state index in [0.717, 1.165) is 0 Å². The van der Waals surface area contributed by atoms with Gasteiger partial charge in [0.25, 0.3) is 0 Å². The molecule has 13 aromatic carbocycles. The van der Waals surface area contributed by atoms with Crippen LogP contribution in [0.1, 0.15) is 0 Å². The van der Waals surface area contributed by atoms with Crippen molar-refractivity contribution in [1.82, 2.24) is 0 Å². The summed E-state index contributed by atoms with van der Waals surface area (Å²) in [7, 11) is 0. The van der Waals surface area contributed by atoms with Crippen molar-refractivity contribution >= 4 is 64.6 Å².